The highest BCUT2D eigenvalue weighted by Crippen LogP contribution is 2.16. The molecular weight excluding hydrogens is 297 g/mol. The summed E-state index contributed by atoms with van der Waals surface area (Å²) in [5.41, 5.74) is -0.714. The Labute approximate surface area is 123 Å². The summed E-state index contributed by atoms with van der Waals surface area (Å²) >= 11 is -1.85. The summed E-state index contributed by atoms with van der Waals surface area (Å²) in [4.78, 5) is 16.2. The van der Waals surface area contributed by atoms with Gasteiger partial charge in [-0.3, -0.25) is 9.56 Å². The Balaban J connectivity index is 2.53. The Kier molecular flexibility index (Phi) is 4.49. The van der Waals surface area contributed by atoms with Crippen LogP contribution in [0.5, 0.6) is 5.75 Å². The first kappa shape index (κ1) is 15.3. The molecule has 112 valence electrons. The quantitative estimate of drug-likeness (QED) is 0.772. The van der Waals surface area contributed by atoms with Crippen LogP contribution in [-0.2, 0) is 18.4 Å². The first-order valence-electron chi connectivity index (χ1n) is 5.97. The molecule has 1 aromatic carbocycles. The molecule has 0 fully saturated rings. The second kappa shape index (κ2) is 6.15. The van der Waals surface area contributed by atoms with Gasteiger partial charge in [-0.2, -0.15) is 0 Å². The summed E-state index contributed by atoms with van der Waals surface area (Å²) < 4.78 is 33.1. The summed E-state index contributed by atoms with van der Waals surface area (Å²) in [7, 11) is 4.26. The van der Waals surface area contributed by atoms with E-state index in [2.05, 4.69) is 4.99 Å². The van der Waals surface area contributed by atoms with Crippen LogP contribution in [0.2, 0.25) is 0 Å². The van der Waals surface area contributed by atoms with Crippen LogP contribution in [0.15, 0.2) is 45.1 Å². The average molecular weight is 311 g/mol. The summed E-state index contributed by atoms with van der Waals surface area (Å²) in [5.74, 6) is -0.124. The molecule has 6 nitrogen and oxygen atoms in total. The maximum atomic E-state index is 13.9. The average Bonchev–Trinajstić information content (AvgIpc) is 2.51. The molecule has 1 heterocycles. The molecule has 0 N–H and O–H groups in total. The first-order valence-corrected chi connectivity index (χ1v) is 7.07. The molecular formula is C13H14FN3O3S. The molecule has 1 unspecified atom stereocenters. The summed E-state index contributed by atoms with van der Waals surface area (Å²) in [6.45, 7) is 0. The van der Waals surface area contributed by atoms with E-state index < -0.39 is 22.9 Å². The van der Waals surface area contributed by atoms with Gasteiger partial charge in [-0.05, 0) is 24.3 Å². The zero-order valence-electron chi connectivity index (χ0n) is 11.7. The van der Waals surface area contributed by atoms with Gasteiger partial charge in [0.15, 0.2) is 16.2 Å². The van der Waals surface area contributed by atoms with Crippen molar-refractivity contribution in [3.63, 3.8) is 0 Å². The van der Waals surface area contributed by atoms with Gasteiger partial charge in [-0.25, -0.2) is 9.18 Å². The lowest BCUT2D eigenvalue weighted by Crippen LogP contribution is -2.42. The van der Waals surface area contributed by atoms with E-state index in [0.717, 1.165) is 14.7 Å². The number of aromatic nitrogens is 2. The topological polar surface area (TPSA) is 71.6 Å². The number of ether oxygens (including phenoxy) is 1. The Morgan fingerprint density at radius 3 is 2.48 bits per heavy atom. The SMILES string of the molecule is C/N=c1\c(F)cn([S+]([O-])c2ccc(OC)cc2)c(=O)n1C. The lowest BCUT2D eigenvalue weighted by molar-refractivity contribution is 0.414. The van der Waals surface area contributed by atoms with Gasteiger partial charge >= 0.3 is 5.69 Å². The van der Waals surface area contributed by atoms with Gasteiger partial charge in [-0.15, -0.1) is 3.97 Å². The van der Waals surface area contributed by atoms with Crippen molar-refractivity contribution in [1.82, 2.24) is 8.54 Å². The maximum Gasteiger partial charge on any atom is 0.371 e. The molecule has 21 heavy (non-hydrogen) atoms. The Morgan fingerprint density at radius 2 is 1.95 bits per heavy atom. The van der Waals surface area contributed by atoms with Gasteiger partial charge in [0.05, 0.1) is 7.11 Å². The van der Waals surface area contributed by atoms with E-state index in [-0.39, 0.29) is 5.49 Å². The third-order valence-electron chi connectivity index (χ3n) is 2.89. The number of methoxy groups -OCH3 is 1. The Bertz CT molecular complexity index is 768. The molecule has 1 aromatic heterocycles. The molecule has 0 aliphatic rings. The van der Waals surface area contributed by atoms with Gasteiger partial charge in [0.1, 0.15) is 23.3 Å². The Morgan fingerprint density at radius 1 is 1.33 bits per heavy atom. The van der Waals surface area contributed by atoms with E-state index >= 15 is 0 Å². The van der Waals surface area contributed by atoms with Crippen LogP contribution in [0.1, 0.15) is 0 Å². The van der Waals surface area contributed by atoms with E-state index in [1.807, 2.05) is 0 Å². The van der Waals surface area contributed by atoms with E-state index in [9.17, 15) is 13.7 Å². The minimum Gasteiger partial charge on any atom is -0.587 e. The van der Waals surface area contributed by atoms with Crippen LogP contribution in [0.3, 0.4) is 0 Å². The normalized spacial score (nSPS) is 13.3. The van der Waals surface area contributed by atoms with Gasteiger partial charge in [-0.1, -0.05) is 0 Å². The van der Waals surface area contributed by atoms with E-state index in [0.29, 0.717) is 10.6 Å². The molecule has 2 rings (SSSR count). The van der Waals surface area contributed by atoms with Crippen molar-refractivity contribution in [3.05, 3.63) is 52.3 Å². The van der Waals surface area contributed by atoms with Crippen LogP contribution in [0.25, 0.3) is 0 Å². The second-order valence-corrected chi connectivity index (χ2v) is 5.48. The lowest BCUT2D eigenvalue weighted by atomic mass is 10.3. The largest absolute Gasteiger partial charge is 0.587 e. The lowest BCUT2D eigenvalue weighted by Gasteiger charge is -2.13. The summed E-state index contributed by atoms with van der Waals surface area (Å²) in [6.07, 6.45) is 0.894. The van der Waals surface area contributed by atoms with E-state index in [1.54, 1.807) is 24.3 Å². The molecule has 0 spiro atoms. The van der Waals surface area contributed by atoms with Crippen molar-refractivity contribution in [3.8, 4) is 5.75 Å². The van der Waals surface area contributed by atoms with Crippen molar-refractivity contribution in [2.75, 3.05) is 14.2 Å². The molecule has 0 amide bonds. The third-order valence-corrected chi connectivity index (χ3v) is 4.18. The van der Waals surface area contributed by atoms with Crippen LogP contribution >= 0.6 is 0 Å². The standard InChI is InChI=1S/C13H14FN3O3S/c1-15-12-11(14)8-17(13(18)16(12)2)21(19)10-6-4-9(20-3)5-7-10/h4-8H,1-3H3/b15-12+. The molecule has 0 aliphatic carbocycles. The summed E-state index contributed by atoms with van der Waals surface area (Å²) in [5, 5.41) is 0. The zero-order chi connectivity index (χ0) is 15.6. The van der Waals surface area contributed by atoms with Crippen LogP contribution in [0, 0.1) is 5.82 Å². The van der Waals surface area contributed by atoms with Gasteiger partial charge < -0.3 is 9.29 Å². The summed E-state index contributed by atoms with van der Waals surface area (Å²) in [6, 6.07) is 6.34. The minimum atomic E-state index is -1.85. The van der Waals surface area contributed by atoms with Crippen molar-refractivity contribution in [2.45, 2.75) is 4.90 Å². The molecule has 8 heteroatoms. The minimum absolute atomic E-state index is 0.0945. The highest BCUT2D eigenvalue weighted by atomic mass is 32.2. The van der Waals surface area contributed by atoms with Crippen LogP contribution in [-0.4, -0.2) is 27.2 Å². The highest BCUT2D eigenvalue weighted by molar-refractivity contribution is 7.89. The first-order chi connectivity index (χ1) is 9.99. The molecule has 2 aromatic rings. The van der Waals surface area contributed by atoms with Crippen molar-refractivity contribution in [1.29, 1.82) is 0 Å². The molecule has 1 atom stereocenters. The molecule has 0 saturated heterocycles. The van der Waals surface area contributed by atoms with Crippen molar-refractivity contribution >= 4 is 11.4 Å². The molecule has 0 radical (unpaired) electrons. The van der Waals surface area contributed by atoms with Gasteiger partial charge in [0, 0.05) is 14.1 Å². The molecule has 0 saturated carbocycles. The maximum absolute atomic E-state index is 13.9. The van der Waals surface area contributed by atoms with Crippen LogP contribution < -0.4 is 15.9 Å². The predicted molar refractivity (Wildman–Crippen MR) is 75.9 cm³/mol. The van der Waals surface area contributed by atoms with E-state index in [1.165, 1.54) is 21.2 Å². The number of rotatable bonds is 3. The predicted octanol–water partition coefficient (Wildman–Crippen LogP) is 0.436. The fourth-order valence-corrected chi connectivity index (χ4v) is 2.84. The fourth-order valence-electron chi connectivity index (χ4n) is 1.80. The third kappa shape index (κ3) is 2.86. The monoisotopic (exact) mass is 311 g/mol. The zero-order valence-corrected chi connectivity index (χ0v) is 12.6. The number of hydrogen-bond acceptors (Lipinski definition) is 4. The number of benzene rings is 1. The molecule has 0 bridgehead atoms. The second-order valence-electron chi connectivity index (χ2n) is 4.12. The number of nitrogens with zero attached hydrogens (tertiary/aromatic N) is 3. The van der Waals surface area contributed by atoms with Crippen LogP contribution in [0.4, 0.5) is 4.39 Å². The van der Waals surface area contributed by atoms with Gasteiger partial charge in [0.2, 0.25) is 0 Å². The highest BCUT2D eigenvalue weighted by Gasteiger charge is 2.19. The number of hydrogen-bond donors (Lipinski definition) is 0. The van der Waals surface area contributed by atoms with Crippen molar-refractivity contribution < 1.29 is 13.7 Å². The van der Waals surface area contributed by atoms with Crippen molar-refractivity contribution in [2.24, 2.45) is 12.0 Å². The fraction of sp³-hybridized carbons (Fsp3) is 0.231. The van der Waals surface area contributed by atoms with Gasteiger partial charge in [0.25, 0.3) is 0 Å². The van der Waals surface area contributed by atoms with E-state index in [4.69, 9.17) is 4.74 Å². The smallest absolute Gasteiger partial charge is 0.371 e. The number of halogens is 1. The molecule has 0 aliphatic heterocycles. The Hall–Kier alpha value is -2.06.